The van der Waals surface area contributed by atoms with Crippen molar-refractivity contribution in [3.63, 3.8) is 0 Å². The molecule has 6 heteroatoms. The third-order valence-electron chi connectivity index (χ3n) is 4.38. The van der Waals surface area contributed by atoms with Crippen molar-refractivity contribution >= 4 is 5.69 Å². The molecular weight excluding hydrogens is 266 g/mol. The van der Waals surface area contributed by atoms with E-state index in [1.54, 1.807) is 7.11 Å². The summed E-state index contributed by atoms with van der Waals surface area (Å²) in [6, 6.07) is 5.93. The zero-order valence-corrected chi connectivity index (χ0v) is 12.5. The van der Waals surface area contributed by atoms with Gasteiger partial charge in [0.05, 0.1) is 18.7 Å². The van der Waals surface area contributed by atoms with Crippen molar-refractivity contribution < 1.29 is 4.74 Å². The number of rotatable bonds is 3. The highest BCUT2D eigenvalue weighted by Gasteiger charge is 2.28. The van der Waals surface area contributed by atoms with Gasteiger partial charge >= 0.3 is 0 Å². The quantitative estimate of drug-likeness (QED) is 0.878. The Balaban J connectivity index is 2.07. The summed E-state index contributed by atoms with van der Waals surface area (Å²) in [5, 5.41) is 12.3. The fraction of sp³-hybridized carbons (Fsp3) is 0.533. The van der Waals surface area contributed by atoms with Crippen LogP contribution in [0.15, 0.2) is 18.2 Å². The summed E-state index contributed by atoms with van der Waals surface area (Å²) in [5.41, 5.74) is 7.55. The lowest BCUT2D eigenvalue weighted by Gasteiger charge is -2.29. The maximum atomic E-state index is 6.13. The van der Waals surface area contributed by atoms with Crippen molar-refractivity contribution in [2.75, 3.05) is 12.8 Å². The number of tetrazole rings is 1. The van der Waals surface area contributed by atoms with Crippen LogP contribution in [-0.2, 0) is 0 Å². The van der Waals surface area contributed by atoms with E-state index in [1.165, 1.54) is 19.3 Å². The van der Waals surface area contributed by atoms with E-state index in [4.69, 9.17) is 10.5 Å². The molecule has 21 heavy (non-hydrogen) atoms. The highest BCUT2D eigenvalue weighted by Crippen LogP contribution is 2.38. The number of methoxy groups -OCH3 is 1. The van der Waals surface area contributed by atoms with E-state index in [9.17, 15) is 0 Å². The van der Waals surface area contributed by atoms with Gasteiger partial charge in [0.15, 0.2) is 5.82 Å². The summed E-state index contributed by atoms with van der Waals surface area (Å²) >= 11 is 0. The van der Waals surface area contributed by atoms with Crippen molar-refractivity contribution in [3.05, 3.63) is 18.2 Å². The molecule has 0 aliphatic heterocycles. The number of nitrogens with zero attached hydrogens (tertiary/aromatic N) is 4. The van der Waals surface area contributed by atoms with Crippen LogP contribution in [0.1, 0.15) is 38.6 Å². The number of hydrogen-bond donors (Lipinski definition) is 1. The van der Waals surface area contributed by atoms with E-state index in [1.807, 2.05) is 22.9 Å². The van der Waals surface area contributed by atoms with Crippen molar-refractivity contribution in [2.45, 2.75) is 38.6 Å². The molecule has 1 fully saturated rings. The molecule has 0 bridgehead atoms. The smallest absolute Gasteiger partial charge is 0.188 e. The summed E-state index contributed by atoms with van der Waals surface area (Å²) in [5.74, 6) is 1.97. The lowest BCUT2D eigenvalue weighted by atomic mass is 9.86. The number of hydrogen-bond acceptors (Lipinski definition) is 5. The molecule has 2 aromatic rings. The molecule has 0 radical (unpaired) electrons. The molecule has 1 saturated carbocycles. The molecule has 2 atom stereocenters. The summed E-state index contributed by atoms with van der Waals surface area (Å²) in [6.07, 6.45) is 4.82. The second-order valence-electron chi connectivity index (χ2n) is 5.70. The Labute approximate surface area is 124 Å². The van der Waals surface area contributed by atoms with Gasteiger partial charge in [0.1, 0.15) is 5.75 Å². The highest BCUT2D eigenvalue weighted by atomic mass is 16.5. The minimum atomic E-state index is 0.327. The van der Waals surface area contributed by atoms with Crippen LogP contribution in [0.5, 0.6) is 5.75 Å². The van der Waals surface area contributed by atoms with Gasteiger partial charge < -0.3 is 10.5 Å². The molecule has 112 valence electrons. The van der Waals surface area contributed by atoms with Crippen LogP contribution < -0.4 is 10.5 Å². The van der Waals surface area contributed by atoms with Crippen molar-refractivity contribution in [2.24, 2.45) is 5.92 Å². The Hall–Kier alpha value is -2.11. The van der Waals surface area contributed by atoms with Gasteiger partial charge in [0, 0.05) is 5.69 Å². The predicted octanol–water partition coefficient (Wildman–Crippen LogP) is 2.68. The molecule has 3 rings (SSSR count). The zero-order valence-electron chi connectivity index (χ0n) is 12.5. The van der Waals surface area contributed by atoms with Gasteiger partial charge in [-0.25, -0.2) is 4.68 Å². The third kappa shape index (κ3) is 2.46. The first-order valence-electron chi connectivity index (χ1n) is 7.43. The first kappa shape index (κ1) is 13.9. The summed E-state index contributed by atoms with van der Waals surface area (Å²) in [4.78, 5) is 0. The van der Waals surface area contributed by atoms with Gasteiger partial charge in [-0.05, 0) is 41.3 Å². The monoisotopic (exact) mass is 287 g/mol. The Morgan fingerprint density at radius 2 is 2.10 bits per heavy atom. The summed E-state index contributed by atoms with van der Waals surface area (Å²) in [6.45, 7) is 2.26. The second kappa shape index (κ2) is 5.71. The van der Waals surface area contributed by atoms with Crippen molar-refractivity contribution in [1.82, 2.24) is 20.2 Å². The third-order valence-corrected chi connectivity index (χ3v) is 4.38. The average Bonchev–Trinajstić information content (AvgIpc) is 2.96. The predicted molar refractivity (Wildman–Crippen MR) is 80.9 cm³/mol. The first-order chi connectivity index (χ1) is 10.2. The number of nitrogens with two attached hydrogens (primary N) is 1. The number of aromatic nitrogens is 4. The Kier molecular flexibility index (Phi) is 3.77. The van der Waals surface area contributed by atoms with Crippen molar-refractivity contribution in [1.29, 1.82) is 0 Å². The number of ether oxygens (including phenoxy) is 1. The van der Waals surface area contributed by atoms with Crippen LogP contribution in [0.2, 0.25) is 0 Å². The maximum absolute atomic E-state index is 6.13. The number of anilines is 1. The standard InChI is InChI=1S/C15H21N5O/c1-10-6-3-4-8-12(10)20-15(17-18-19-20)14-11(16)7-5-9-13(14)21-2/h5,7,9-10,12H,3-4,6,8,16H2,1-2H3. The topological polar surface area (TPSA) is 78.8 Å². The SMILES string of the molecule is COc1cccc(N)c1-c1nnnn1C1CCCCC1C. The fourth-order valence-corrected chi connectivity index (χ4v) is 3.20. The Bertz CT molecular complexity index is 624. The van der Waals surface area contributed by atoms with Crippen LogP contribution in [0.3, 0.4) is 0 Å². The van der Waals surface area contributed by atoms with Crippen molar-refractivity contribution in [3.8, 4) is 17.1 Å². The van der Waals surface area contributed by atoms with Gasteiger partial charge in [-0.1, -0.05) is 25.8 Å². The molecule has 6 nitrogen and oxygen atoms in total. The molecular formula is C15H21N5O. The van der Waals surface area contributed by atoms with Gasteiger partial charge in [-0.2, -0.15) is 0 Å². The van der Waals surface area contributed by atoms with E-state index in [0.29, 0.717) is 29.2 Å². The van der Waals surface area contributed by atoms with Gasteiger partial charge in [0.25, 0.3) is 0 Å². The molecule has 1 aromatic carbocycles. The normalized spacial score (nSPS) is 22.2. The molecule has 0 amide bonds. The molecule has 1 aromatic heterocycles. The molecule has 0 saturated heterocycles. The van der Waals surface area contributed by atoms with Gasteiger partial charge in [-0.15, -0.1) is 5.10 Å². The minimum Gasteiger partial charge on any atom is -0.496 e. The molecule has 2 unspecified atom stereocenters. The van der Waals surface area contributed by atoms with Crippen LogP contribution in [0, 0.1) is 5.92 Å². The van der Waals surface area contributed by atoms with E-state index in [0.717, 1.165) is 12.0 Å². The molecule has 1 heterocycles. The molecule has 1 aliphatic carbocycles. The zero-order chi connectivity index (χ0) is 14.8. The maximum Gasteiger partial charge on any atom is 0.188 e. The molecule has 2 N–H and O–H groups in total. The average molecular weight is 287 g/mol. The lowest BCUT2D eigenvalue weighted by Crippen LogP contribution is -2.23. The van der Waals surface area contributed by atoms with Gasteiger partial charge in [0.2, 0.25) is 0 Å². The Morgan fingerprint density at radius 1 is 1.29 bits per heavy atom. The fourth-order valence-electron chi connectivity index (χ4n) is 3.20. The van der Waals surface area contributed by atoms with Crippen LogP contribution in [0.4, 0.5) is 5.69 Å². The first-order valence-corrected chi connectivity index (χ1v) is 7.43. The highest BCUT2D eigenvalue weighted by molar-refractivity contribution is 5.77. The Morgan fingerprint density at radius 3 is 2.86 bits per heavy atom. The van der Waals surface area contributed by atoms with E-state index in [2.05, 4.69) is 22.4 Å². The van der Waals surface area contributed by atoms with E-state index in [-0.39, 0.29) is 0 Å². The molecule has 0 spiro atoms. The van der Waals surface area contributed by atoms with Crippen LogP contribution in [-0.4, -0.2) is 27.3 Å². The lowest BCUT2D eigenvalue weighted by molar-refractivity contribution is 0.239. The van der Waals surface area contributed by atoms with Crippen LogP contribution >= 0.6 is 0 Å². The van der Waals surface area contributed by atoms with E-state index < -0.39 is 0 Å². The minimum absolute atomic E-state index is 0.327. The summed E-state index contributed by atoms with van der Waals surface area (Å²) in [7, 11) is 1.63. The summed E-state index contributed by atoms with van der Waals surface area (Å²) < 4.78 is 7.36. The van der Waals surface area contributed by atoms with E-state index >= 15 is 0 Å². The van der Waals surface area contributed by atoms with Crippen LogP contribution in [0.25, 0.3) is 11.4 Å². The number of benzene rings is 1. The largest absolute Gasteiger partial charge is 0.496 e. The molecule has 1 aliphatic rings. The second-order valence-corrected chi connectivity index (χ2v) is 5.70. The van der Waals surface area contributed by atoms with Gasteiger partial charge in [-0.3, -0.25) is 0 Å². The number of nitrogen functional groups attached to an aromatic ring is 1.